The number of carbonyl (C=O) groups excluding carboxylic acids is 2. The zero-order valence-electron chi connectivity index (χ0n) is 17.8. The molecule has 1 heterocycles. The highest BCUT2D eigenvalue weighted by Crippen LogP contribution is 2.32. The Hall–Kier alpha value is -2.64. The Balaban J connectivity index is 1.75. The first-order chi connectivity index (χ1) is 14.4. The van der Waals surface area contributed by atoms with E-state index in [-0.39, 0.29) is 18.2 Å². The van der Waals surface area contributed by atoms with Crippen molar-refractivity contribution in [1.82, 2.24) is 4.90 Å². The fraction of sp³-hybridized carbons (Fsp3) is 0.348. The van der Waals surface area contributed by atoms with Crippen LogP contribution in [-0.4, -0.2) is 47.4 Å². The van der Waals surface area contributed by atoms with E-state index in [1.54, 1.807) is 12.0 Å². The van der Waals surface area contributed by atoms with Crippen LogP contribution in [0.5, 0.6) is 0 Å². The second-order valence-corrected chi connectivity index (χ2v) is 8.56. The lowest BCUT2D eigenvalue weighted by Crippen LogP contribution is -2.35. The standard InChI is InChI=1S/C23H27N3O3S/c1-15-5-8-18(9-6-15)24-21(27)14-20-22(28)26(11-12-29-4)23(30-20)25-19-10-7-16(2)13-17(19)3/h5-10,13,20H,11-12,14H2,1-4H3,(H,24,27)/t20-/m1/s1. The van der Waals surface area contributed by atoms with Gasteiger partial charge < -0.3 is 10.1 Å². The molecule has 7 heteroatoms. The monoisotopic (exact) mass is 425 g/mol. The molecule has 0 spiro atoms. The topological polar surface area (TPSA) is 71.0 Å². The van der Waals surface area contributed by atoms with Crippen LogP contribution in [-0.2, 0) is 14.3 Å². The Labute approximate surface area is 181 Å². The van der Waals surface area contributed by atoms with Crippen LogP contribution in [0.1, 0.15) is 23.1 Å². The van der Waals surface area contributed by atoms with Gasteiger partial charge in [-0.3, -0.25) is 14.5 Å². The minimum atomic E-state index is -0.503. The summed E-state index contributed by atoms with van der Waals surface area (Å²) in [5, 5.41) is 2.97. The van der Waals surface area contributed by atoms with E-state index >= 15 is 0 Å². The third kappa shape index (κ3) is 5.49. The maximum atomic E-state index is 13.0. The number of aryl methyl sites for hydroxylation is 3. The summed E-state index contributed by atoms with van der Waals surface area (Å²) in [7, 11) is 1.60. The average molecular weight is 426 g/mol. The molecule has 2 aromatic carbocycles. The van der Waals surface area contributed by atoms with Crippen LogP contribution in [0.2, 0.25) is 0 Å². The fourth-order valence-corrected chi connectivity index (χ4v) is 4.34. The van der Waals surface area contributed by atoms with E-state index in [1.165, 1.54) is 11.8 Å². The van der Waals surface area contributed by atoms with Gasteiger partial charge in [-0.2, -0.15) is 0 Å². The molecule has 0 unspecified atom stereocenters. The molecule has 3 rings (SSSR count). The number of hydrogen-bond donors (Lipinski definition) is 1. The van der Waals surface area contributed by atoms with Gasteiger partial charge in [0.2, 0.25) is 11.8 Å². The van der Waals surface area contributed by atoms with Crippen molar-refractivity contribution in [2.24, 2.45) is 4.99 Å². The molecule has 6 nitrogen and oxygen atoms in total. The molecule has 1 saturated heterocycles. The molecule has 2 amide bonds. The summed E-state index contributed by atoms with van der Waals surface area (Å²) in [6, 6.07) is 13.6. The molecule has 1 fully saturated rings. The molecule has 0 bridgehead atoms. The van der Waals surface area contributed by atoms with Gasteiger partial charge in [-0.05, 0) is 44.5 Å². The van der Waals surface area contributed by atoms with Gasteiger partial charge in [-0.1, -0.05) is 47.2 Å². The highest BCUT2D eigenvalue weighted by Gasteiger charge is 2.39. The lowest BCUT2D eigenvalue weighted by atomic mass is 10.1. The largest absolute Gasteiger partial charge is 0.383 e. The lowest BCUT2D eigenvalue weighted by molar-refractivity contribution is -0.128. The van der Waals surface area contributed by atoms with Gasteiger partial charge in [0.1, 0.15) is 5.25 Å². The number of benzene rings is 2. The van der Waals surface area contributed by atoms with Crippen LogP contribution in [0.3, 0.4) is 0 Å². The van der Waals surface area contributed by atoms with Crippen LogP contribution < -0.4 is 5.32 Å². The molecule has 0 aromatic heterocycles. The first-order valence-corrected chi connectivity index (χ1v) is 10.7. The Bertz CT molecular complexity index is 957. The van der Waals surface area contributed by atoms with Gasteiger partial charge in [0.15, 0.2) is 5.17 Å². The van der Waals surface area contributed by atoms with Crippen LogP contribution >= 0.6 is 11.8 Å². The highest BCUT2D eigenvalue weighted by molar-refractivity contribution is 8.15. The zero-order valence-corrected chi connectivity index (χ0v) is 18.6. The van der Waals surface area contributed by atoms with Gasteiger partial charge in [-0.25, -0.2) is 4.99 Å². The zero-order chi connectivity index (χ0) is 21.7. The molecule has 158 valence electrons. The first-order valence-electron chi connectivity index (χ1n) is 9.87. The van der Waals surface area contributed by atoms with Gasteiger partial charge in [0.05, 0.1) is 18.8 Å². The molecule has 0 radical (unpaired) electrons. The van der Waals surface area contributed by atoms with Crippen LogP contribution in [0.25, 0.3) is 0 Å². The number of thioether (sulfide) groups is 1. The Morgan fingerprint density at radius 3 is 2.50 bits per heavy atom. The van der Waals surface area contributed by atoms with E-state index in [9.17, 15) is 9.59 Å². The van der Waals surface area contributed by atoms with Gasteiger partial charge >= 0.3 is 0 Å². The van der Waals surface area contributed by atoms with Crippen molar-refractivity contribution in [3.8, 4) is 0 Å². The third-order valence-corrected chi connectivity index (χ3v) is 5.99. The minimum Gasteiger partial charge on any atom is -0.383 e. The number of aliphatic imine (C=N–C) groups is 1. The fourth-order valence-electron chi connectivity index (χ4n) is 3.16. The smallest absolute Gasteiger partial charge is 0.242 e. The molecule has 1 atom stereocenters. The van der Waals surface area contributed by atoms with Crippen LogP contribution in [0, 0.1) is 20.8 Å². The van der Waals surface area contributed by atoms with Crippen molar-refractivity contribution in [3.63, 3.8) is 0 Å². The number of methoxy groups -OCH3 is 1. The van der Waals surface area contributed by atoms with Crippen LogP contribution in [0.4, 0.5) is 11.4 Å². The molecule has 1 aliphatic heterocycles. The quantitative estimate of drug-likeness (QED) is 0.721. The van der Waals surface area contributed by atoms with Crippen molar-refractivity contribution in [1.29, 1.82) is 0 Å². The van der Waals surface area contributed by atoms with Crippen molar-refractivity contribution in [3.05, 3.63) is 59.2 Å². The number of anilines is 1. The molecular weight excluding hydrogens is 398 g/mol. The normalized spacial score (nSPS) is 17.6. The summed E-state index contributed by atoms with van der Waals surface area (Å²) in [6.45, 7) is 6.83. The molecule has 0 aliphatic carbocycles. The highest BCUT2D eigenvalue weighted by atomic mass is 32.2. The Kier molecular flexibility index (Phi) is 7.29. The maximum absolute atomic E-state index is 13.0. The Morgan fingerprint density at radius 2 is 1.83 bits per heavy atom. The summed E-state index contributed by atoms with van der Waals surface area (Å²) in [6.07, 6.45) is 0.0900. The second kappa shape index (κ2) is 9.91. The summed E-state index contributed by atoms with van der Waals surface area (Å²) in [4.78, 5) is 31.8. The number of nitrogens with zero attached hydrogens (tertiary/aromatic N) is 2. The molecular formula is C23H27N3O3S. The number of amidine groups is 1. The Morgan fingerprint density at radius 1 is 1.13 bits per heavy atom. The summed E-state index contributed by atoms with van der Waals surface area (Å²) >= 11 is 1.34. The van der Waals surface area contributed by atoms with Crippen molar-refractivity contribution in [2.75, 3.05) is 25.6 Å². The molecule has 30 heavy (non-hydrogen) atoms. The van der Waals surface area contributed by atoms with E-state index in [4.69, 9.17) is 9.73 Å². The average Bonchev–Trinajstić information content (AvgIpc) is 2.98. The van der Waals surface area contributed by atoms with E-state index in [2.05, 4.69) is 11.4 Å². The van der Waals surface area contributed by atoms with E-state index in [0.29, 0.717) is 18.3 Å². The van der Waals surface area contributed by atoms with Gasteiger partial charge in [-0.15, -0.1) is 0 Å². The predicted octanol–water partition coefficient (Wildman–Crippen LogP) is 4.22. The molecule has 0 saturated carbocycles. The SMILES string of the molecule is COCCN1C(=O)[C@@H](CC(=O)Nc2ccc(C)cc2)SC1=Nc1ccc(C)cc1C. The minimum absolute atomic E-state index is 0.0900. The van der Waals surface area contributed by atoms with Crippen molar-refractivity contribution < 1.29 is 14.3 Å². The number of hydrogen-bond acceptors (Lipinski definition) is 5. The number of carbonyl (C=O) groups is 2. The van der Waals surface area contributed by atoms with Crippen molar-refractivity contribution in [2.45, 2.75) is 32.4 Å². The maximum Gasteiger partial charge on any atom is 0.242 e. The lowest BCUT2D eigenvalue weighted by Gasteiger charge is -2.16. The van der Waals surface area contributed by atoms with E-state index in [0.717, 1.165) is 28.1 Å². The molecule has 2 aromatic rings. The number of nitrogens with one attached hydrogen (secondary N) is 1. The number of amides is 2. The third-order valence-electron chi connectivity index (χ3n) is 4.81. The summed E-state index contributed by atoms with van der Waals surface area (Å²) < 4.78 is 5.16. The second-order valence-electron chi connectivity index (χ2n) is 7.39. The summed E-state index contributed by atoms with van der Waals surface area (Å²) in [5.41, 5.74) is 4.87. The number of rotatable bonds is 7. The predicted molar refractivity (Wildman–Crippen MR) is 122 cm³/mol. The van der Waals surface area contributed by atoms with E-state index < -0.39 is 5.25 Å². The summed E-state index contributed by atoms with van der Waals surface area (Å²) in [5.74, 6) is -0.302. The van der Waals surface area contributed by atoms with Gasteiger partial charge in [0.25, 0.3) is 0 Å². The first kappa shape index (κ1) is 22.1. The van der Waals surface area contributed by atoms with E-state index in [1.807, 2.05) is 57.2 Å². The van der Waals surface area contributed by atoms with Gasteiger partial charge in [0, 0.05) is 19.2 Å². The van der Waals surface area contributed by atoms with Crippen LogP contribution in [0.15, 0.2) is 47.5 Å². The molecule has 1 N–H and O–H groups in total. The molecule has 1 aliphatic rings. The number of ether oxygens (including phenoxy) is 1. The van der Waals surface area contributed by atoms with Crippen molar-refractivity contribution >= 4 is 40.1 Å².